The molecule has 0 radical (unpaired) electrons. The lowest BCUT2D eigenvalue weighted by Gasteiger charge is -2.22. The minimum atomic E-state index is -1.09. The lowest BCUT2D eigenvalue weighted by atomic mass is 10.1. The predicted octanol–water partition coefficient (Wildman–Crippen LogP) is 5.91. The second kappa shape index (κ2) is 18.1. The van der Waals surface area contributed by atoms with Crippen LogP contribution in [0.2, 0.25) is 0 Å². The highest BCUT2D eigenvalue weighted by molar-refractivity contribution is 5.94. The van der Waals surface area contributed by atoms with Gasteiger partial charge in [0.1, 0.15) is 17.1 Å². The molecule has 0 bridgehead atoms. The van der Waals surface area contributed by atoms with E-state index >= 15 is 0 Å². The highest BCUT2D eigenvalue weighted by Crippen LogP contribution is 2.29. The van der Waals surface area contributed by atoms with E-state index in [0.29, 0.717) is 63.7 Å². The summed E-state index contributed by atoms with van der Waals surface area (Å²) in [6, 6.07) is 28.7. The molecule has 242 valence electrons. The van der Waals surface area contributed by atoms with Crippen molar-refractivity contribution in [2.75, 3.05) is 26.3 Å². The first-order valence-corrected chi connectivity index (χ1v) is 15.8. The summed E-state index contributed by atoms with van der Waals surface area (Å²) in [5.74, 6) is -0.500. The van der Waals surface area contributed by atoms with Gasteiger partial charge in [0, 0.05) is 64.1 Å². The van der Waals surface area contributed by atoms with Gasteiger partial charge in [-0.2, -0.15) is 0 Å². The molecule has 0 spiro atoms. The van der Waals surface area contributed by atoms with Gasteiger partial charge < -0.3 is 14.6 Å². The van der Waals surface area contributed by atoms with Crippen LogP contribution in [0.3, 0.4) is 0 Å². The third-order valence-corrected chi connectivity index (χ3v) is 7.40. The van der Waals surface area contributed by atoms with Crippen LogP contribution in [-0.2, 0) is 26.2 Å². The molecule has 0 aliphatic heterocycles. The second-order valence-electron chi connectivity index (χ2n) is 11.0. The molecule has 5 aromatic rings. The number of aromatic carboxylic acids is 1. The Morgan fingerprint density at radius 1 is 0.532 bits per heavy atom. The number of hydrogen-bond acceptors (Lipinski definition) is 9. The van der Waals surface area contributed by atoms with E-state index in [4.69, 9.17) is 9.47 Å². The minimum Gasteiger partial charge on any atom is -0.492 e. The van der Waals surface area contributed by atoms with E-state index in [9.17, 15) is 9.90 Å². The molecule has 0 unspecified atom stereocenters. The maximum Gasteiger partial charge on any atom is 0.343 e. The van der Waals surface area contributed by atoms with Crippen LogP contribution in [0.1, 0.15) is 46.0 Å². The summed E-state index contributed by atoms with van der Waals surface area (Å²) in [7, 11) is 0. The van der Waals surface area contributed by atoms with Crippen molar-refractivity contribution in [3.05, 3.63) is 144 Å². The highest BCUT2D eigenvalue weighted by atomic mass is 16.5. The number of carboxylic acids is 1. The third kappa shape index (κ3) is 11.0. The average Bonchev–Trinajstić information content (AvgIpc) is 3.10. The van der Waals surface area contributed by atoms with Crippen molar-refractivity contribution in [1.29, 1.82) is 0 Å². The van der Waals surface area contributed by atoms with Crippen molar-refractivity contribution in [2.45, 2.75) is 39.0 Å². The molecule has 10 nitrogen and oxygen atoms in total. The van der Waals surface area contributed by atoms with Gasteiger partial charge in [0.2, 0.25) is 0 Å². The topological polar surface area (TPSA) is 114 Å². The smallest absolute Gasteiger partial charge is 0.343 e. The fourth-order valence-corrected chi connectivity index (χ4v) is 5.21. The van der Waals surface area contributed by atoms with Crippen LogP contribution < -0.4 is 9.47 Å². The minimum absolute atomic E-state index is 0.0326. The molecule has 0 aliphatic rings. The number of pyridine rings is 4. The van der Waals surface area contributed by atoms with E-state index in [-0.39, 0.29) is 5.56 Å². The second-order valence-corrected chi connectivity index (χ2v) is 11.0. The molecule has 4 heterocycles. The Morgan fingerprint density at radius 2 is 0.894 bits per heavy atom. The van der Waals surface area contributed by atoms with Gasteiger partial charge in [-0.3, -0.25) is 29.7 Å². The number of benzene rings is 1. The molecule has 0 saturated carbocycles. The molecular weight excluding hydrogens is 592 g/mol. The Morgan fingerprint density at radius 3 is 1.19 bits per heavy atom. The number of carbonyl (C=O) groups is 1. The van der Waals surface area contributed by atoms with Crippen LogP contribution in [0.25, 0.3) is 0 Å². The number of hydrogen-bond donors (Lipinski definition) is 1. The summed E-state index contributed by atoms with van der Waals surface area (Å²) < 4.78 is 12.1. The summed E-state index contributed by atoms with van der Waals surface area (Å²) in [4.78, 5) is 34.7. The molecule has 4 aromatic heterocycles. The van der Waals surface area contributed by atoms with E-state index in [1.54, 1.807) is 43.0 Å². The Kier molecular flexibility index (Phi) is 12.8. The monoisotopic (exact) mass is 632 g/mol. The van der Waals surface area contributed by atoms with Gasteiger partial charge in [-0.1, -0.05) is 30.3 Å². The standard InChI is InChI=1S/C37H40N6O4/c44-37(45)36-34(46-24-10-22-42(26-30-12-1-5-18-38-30)27-31-13-2-6-19-39-31)16-9-17-35(36)47-25-11-23-43(28-32-14-3-7-20-40-32)29-33-15-4-8-21-41-33/h1-9,12-21H,10-11,22-29H2,(H,44,45). The van der Waals surface area contributed by atoms with E-state index in [1.165, 1.54) is 0 Å². The zero-order chi connectivity index (χ0) is 32.5. The Labute approximate surface area is 275 Å². The lowest BCUT2D eigenvalue weighted by Crippen LogP contribution is -2.26. The van der Waals surface area contributed by atoms with Crippen molar-refractivity contribution in [1.82, 2.24) is 29.7 Å². The number of nitrogens with zero attached hydrogens (tertiary/aromatic N) is 6. The summed E-state index contributed by atoms with van der Waals surface area (Å²) in [5.41, 5.74) is 3.92. The first-order valence-electron chi connectivity index (χ1n) is 15.8. The van der Waals surface area contributed by atoms with Gasteiger partial charge in [-0.15, -0.1) is 0 Å². The van der Waals surface area contributed by atoms with Gasteiger partial charge in [0.05, 0.1) is 36.0 Å². The Bertz CT molecular complexity index is 1430. The fourth-order valence-electron chi connectivity index (χ4n) is 5.21. The molecular formula is C37H40N6O4. The molecule has 47 heavy (non-hydrogen) atoms. The zero-order valence-electron chi connectivity index (χ0n) is 26.4. The largest absolute Gasteiger partial charge is 0.492 e. The molecule has 0 atom stereocenters. The van der Waals surface area contributed by atoms with Crippen LogP contribution in [0.5, 0.6) is 11.5 Å². The van der Waals surface area contributed by atoms with Gasteiger partial charge >= 0.3 is 5.97 Å². The summed E-state index contributed by atoms with van der Waals surface area (Å²) in [6.45, 7) is 4.81. The van der Waals surface area contributed by atoms with Gasteiger partial charge in [0.25, 0.3) is 0 Å². The van der Waals surface area contributed by atoms with Crippen molar-refractivity contribution in [3.8, 4) is 11.5 Å². The zero-order valence-corrected chi connectivity index (χ0v) is 26.4. The van der Waals surface area contributed by atoms with Crippen molar-refractivity contribution in [2.24, 2.45) is 0 Å². The molecule has 0 fully saturated rings. The van der Waals surface area contributed by atoms with E-state index in [0.717, 1.165) is 35.9 Å². The summed E-state index contributed by atoms with van der Waals surface area (Å²) >= 11 is 0. The molecule has 5 rings (SSSR count). The quantitative estimate of drug-likeness (QED) is 0.110. The highest BCUT2D eigenvalue weighted by Gasteiger charge is 2.19. The van der Waals surface area contributed by atoms with Crippen LogP contribution in [0, 0.1) is 0 Å². The first kappa shape index (κ1) is 33.2. The van der Waals surface area contributed by atoms with Gasteiger partial charge in [-0.25, -0.2) is 4.79 Å². The van der Waals surface area contributed by atoms with Crippen molar-refractivity contribution < 1.29 is 19.4 Å². The third-order valence-electron chi connectivity index (χ3n) is 7.40. The van der Waals surface area contributed by atoms with Gasteiger partial charge in [0.15, 0.2) is 0 Å². The van der Waals surface area contributed by atoms with E-state index < -0.39 is 5.97 Å². The number of ether oxygens (including phenoxy) is 2. The maximum absolute atomic E-state index is 12.3. The molecule has 1 aromatic carbocycles. The number of rotatable bonds is 19. The van der Waals surface area contributed by atoms with Crippen LogP contribution >= 0.6 is 0 Å². The molecule has 10 heteroatoms. The van der Waals surface area contributed by atoms with Crippen LogP contribution in [-0.4, -0.2) is 67.1 Å². The fraction of sp³-hybridized carbons (Fsp3) is 0.270. The van der Waals surface area contributed by atoms with Gasteiger partial charge in [-0.05, 0) is 73.5 Å². The van der Waals surface area contributed by atoms with E-state index in [2.05, 4.69) is 29.7 Å². The molecule has 1 N–H and O–H groups in total. The SMILES string of the molecule is O=C(O)c1c(OCCCN(Cc2ccccn2)Cc2ccccn2)cccc1OCCCN(Cc1ccccn1)Cc1ccccn1. The maximum atomic E-state index is 12.3. The Balaban J connectivity index is 1.15. The average molecular weight is 633 g/mol. The normalized spacial score (nSPS) is 11.1. The lowest BCUT2D eigenvalue weighted by molar-refractivity contribution is 0.0686. The predicted molar refractivity (Wildman–Crippen MR) is 179 cm³/mol. The first-order chi connectivity index (χ1) is 23.1. The summed E-state index contributed by atoms with van der Waals surface area (Å²) in [6.07, 6.45) is 8.54. The number of aromatic nitrogens is 4. The molecule has 0 amide bonds. The number of carboxylic acid groups (broad SMARTS) is 1. The molecule has 0 aliphatic carbocycles. The van der Waals surface area contributed by atoms with Crippen LogP contribution in [0.4, 0.5) is 0 Å². The van der Waals surface area contributed by atoms with Crippen LogP contribution in [0.15, 0.2) is 116 Å². The van der Waals surface area contributed by atoms with Crippen molar-refractivity contribution in [3.63, 3.8) is 0 Å². The summed E-state index contributed by atoms with van der Waals surface area (Å²) in [5, 5.41) is 10.1. The van der Waals surface area contributed by atoms with Crippen molar-refractivity contribution >= 4 is 5.97 Å². The molecule has 0 saturated heterocycles. The van der Waals surface area contributed by atoms with E-state index in [1.807, 2.05) is 72.8 Å². The Hall–Kier alpha value is -5.19.